The molecule has 256 valence electrons. The Morgan fingerprint density at radius 1 is 0.712 bits per heavy atom. The van der Waals surface area contributed by atoms with Crippen LogP contribution in [0.25, 0.3) is 44.3 Å². The average molecular weight is 677 g/mol. The molecule has 0 amide bonds. The molecule has 3 aliphatic carbocycles. The van der Waals surface area contributed by atoms with Gasteiger partial charge in [0.2, 0.25) is 0 Å². The molecule has 0 fully saturated rings. The number of hydrogen-bond donors (Lipinski definition) is 0. The molecule has 0 saturated carbocycles. The summed E-state index contributed by atoms with van der Waals surface area (Å²) >= 11 is 0. The van der Waals surface area contributed by atoms with Gasteiger partial charge in [0.1, 0.15) is 11.5 Å². The van der Waals surface area contributed by atoms with Crippen molar-refractivity contribution < 1.29 is 9.47 Å². The number of methoxy groups -OCH3 is 1. The second-order valence-electron chi connectivity index (χ2n) is 15.7. The van der Waals surface area contributed by atoms with Crippen molar-refractivity contribution in [1.29, 1.82) is 0 Å². The molecule has 10 rings (SSSR count). The predicted molar refractivity (Wildman–Crippen MR) is 216 cm³/mol. The predicted octanol–water partition coefficient (Wildman–Crippen LogP) is 12.9. The molecule has 6 aromatic carbocycles. The zero-order chi connectivity index (χ0) is 35.4. The van der Waals surface area contributed by atoms with Crippen LogP contribution in [0.15, 0.2) is 132 Å². The first-order valence-corrected chi connectivity index (χ1v) is 19.0. The van der Waals surface area contributed by atoms with E-state index in [1.54, 1.807) is 7.11 Å². The van der Waals surface area contributed by atoms with Gasteiger partial charge in [-0.3, -0.25) is 0 Å². The minimum Gasteiger partial charge on any atom is -0.497 e. The van der Waals surface area contributed by atoms with Crippen molar-refractivity contribution >= 4 is 33.2 Å². The smallest absolute Gasteiger partial charge is 0.174 e. The summed E-state index contributed by atoms with van der Waals surface area (Å²) in [5.74, 6) is 1.84. The van der Waals surface area contributed by atoms with Crippen molar-refractivity contribution in [2.24, 2.45) is 0 Å². The van der Waals surface area contributed by atoms with E-state index in [1.165, 1.54) is 77.2 Å². The van der Waals surface area contributed by atoms with Crippen molar-refractivity contribution in [2.45, 2.75) is 69.8 Å². The molecule has 2 heteroatoms. The highest BCUT2D eigenvalue weighted by atomic mass is 16.5. The lowest BCUT2D eigenvalue weighted by Crippen LogP contribution is -2.37. The molecule has 52 heavy (non-hydrogen) atoms. The molecular weight excluding hydrogens is 633 g/mol. The van der Waals surface area contributed by atoms with Gasteiger partial charge in [-0.05, 0) is 122 Å². The van der Waals surface area contributed by atoms with Crippen molar-refractivity contribution in [3.05, 3.63) is 166 Å². The number of benzene rings is 6. The van der Waals surface area contributed by atoms with E-state index in [2.05, 4.69) is 155 Å². The number of allylic oxidation sites excluding steroid dienone is 3. The molecular formula is C50H44O2. The number of hydrogen-bond acceptors (Lipinski definition) is 2. The van der Waals surface area contributed by atoms with Gasteiger partial charge in [0, 0.05) is 27.3 Å². The van der Waals surface area contributed by atoms with Gasteiger partial charge in [0.05, 0.1) is 7.11 Å². The van der Waals surface area contributed by atoms with Crippen molar-refractivity contribution in [1.82, 2.24) is 0 Å². The van der Waals surface area contributed by atoms with Crippen molar-refractivity contribution in [2.75, 3.05) is 7.11 Å². The Labute approximate surface area is 307 Å². The summed E-state index contributed by atoms with van der Waals surface area (Å²) in [5.41, 5.74) is 14.0. The lowest BCUT2D eigenvalue weighted by atomic mass is 9.70. The van der Waals surface area contributed by atoms with E-state index < -0.39 is 5.60 Å². The van der Waals surface area contributed by atoms with Gasteiger partial charge < -0.3 is 9.47 Å². The van der Waals surface area contributed by atoms with E-state index in [9.17, 15) is 0 Å². The van der Waals surface area contributed by atoms with Crippen LogP contribution in [0, 0.1) is 0 Å². The summed E-state index contributed by atoms with van der Waals surface area (Å²) in [6.45, 7) is 9.51. The first-order valence-electron chi connectivity index (χ1n) is 19.0. The minimum absolute atomic E-state index is 0.0825. The highest BCUT2D eigenvalue weighted by Crippen LogP contribution is 2.61. The molecule has 0 N–H and O–H groups in total. The lowest BCUT2D eigenvalue weighted by Gasteiger charge is -2.41. The van der Waals surface area contributed by atoms with E-state index in [-0.39, 0.29) is 10.8 Å². The average Bonchev–Trinajstić information content (AvgIpc) is 3.62. The molecule has 1 heterocycles. The summed E-state index contributed by atoms with van der Waals surface area (Å²) in [7, 11) is 1.73. The molecule has 0 saturated heterocycles. The van der Waals surface area contributed by atoms with Crippen LogP contribution in [0.1, 0.15) is 86.8 Å². The highest BCUT2D eigenvalue weighted by Gasteiger charge is 2.48. The summed E-state index contributed by atoms with van der Waals surface area (Å²) < 4.78 is 13.4. The topological polar surface area (TPSA) is 18.5 Å². The van der Waals surface area contributed by atoms with Crippen LogP contribution in [0.3, 0.4) is 0 Å². The molecule has 1 unspecified atom stereocenters. The Morgan fingerprint density at radius 3 is 2.15 bits per heavy atom. The fourth-order valence-corrected chi connectivity index (χ4v) is 10.5. The van der Waals surface area contributed by atoms with Crippen molar-refractivity contribution in [3.8, 4) is 22.6 Å². The quantitative estimate of drug-likeness (QED) is 0.181. The zero-order valence-electron chi connectivity index (χ0n) is 30.8. The molecule has 1 aliphatic heterocycles. The number of fused-ring (bicyclic) bond motifs is 11. The third-order valence-electron chi connectivity index (χ3n) is 13.2. The number of ether oxygens (including phenoxy) is 2. The second kappa shape index (κ2) is 11.1. The maximum atomic E-state index is 7.78. The maximum Gasteiger partial charge on any atom is 0.174 e. The Balaban J connectivity index is 1.22. The molecule has 0 spiro atoms. The van der Waals surface area contributed by atoms with Crippen LogP contribution in [-0.4, -0.2) is 7.11 Å². The summed E-state index contributed by atoms with van der Waals surface area (Å²) in [5, 5.41) is 5.06. The van der Waals surface area contributed by atoms with Crippen molar-refractivity contribution in [3.63, 3.8) is 0 Å². The summed E-state index contributed by atoms with van der Waals surface area (Å²) in [6.07, 6.45) is 11.3. The van der Waals surface area contributed by atoms with Gasteiger partial charge in [-0.2, -0.15) is 0 Å². The molecule has 2 nitrogen and oxygen atoms in total. The van der Waals surface area contributed by atoms with Gasteiger partial charge in [-0.25, -0.2) is 0 Å². The van der Waals surface area contributed by atoms with Crippen LogP contribution in [0.2, 0.25) is 0 Å². The van der Waals surface area contributed by atoms with E-state index in [0.717, 1.165) is 42.7 Å². The standard InChI is InChI=1S/C50H44O2/c1-6-49(7-2)42-19-13-12-18-39(42)45-37-16-10-11-17-38(37)47-40(46(45)49)26-27-50(52-47,33-20-23-35(51-5)24-21-33)34-22-25-36-41-28-31-14-8-9-15-32(31)29-43(41)48(3,4)44(36)30-34/h8-21,23-24,26-30H,6-7,22,25H2,1-5H3. The summed E-state index contributed by atoms with van der Waals surface area (Å²) in [6, 6.07) is 40.2. The Morgan fingerprint density at radius 2 is 1.40 bits per heavy atom. The van der Waals surface area contributed by atoms with E-state index in [0.29, 0.717) is 0 Å². The normalized spacial score (nSPS) is 20.1. The van der Waals surface area contributed by atoms with E-state index >= 15 is 0 Å². The van der Waals surface area contributed by atoms with Gasteiger partial charge in [0.25, 0.3) is 0 Å². The third kappa shape index (κ3) is 4.01. The Kier molecular flexibility index (Phi) is 6.69. The lowest BCUT2D eigenvalue weighted by molar-refractivity contribution is 0.153. The second-order valence-corrected chi connectivity index (χ2v) is 15.7. The first kappa shape index (κ1) is 31.4. The molecule has 1 atom stereocenters. The highest BCUT2D eigenvalue weighted by molar-refractivity contribution is 6.08. The van der Waals surface area contributed by atoms with E-state index in [1.807, 2.05) is 0 Å². The van der Waals surface area contributed by atoms with Crippen LogP contribution in [0.4, 0.5) is 0 Å². The van der Waals surface area contributed by atoms with Crippen LogP contribution >= 0.6 is 0 Å². The molecule has 0 aromatic heterocycles. The minimum atomic E-state index is -0.781. The van der Waals surface area contributed by atoms with Crippen LogP contribution in [-0.2, 0) is 16.4 Å². The van der Waals surface area contributed by atoms with Gasteiger partial charge in [-0.15, -0.1) is 0 Å². The van der Waals surface area contributed by atoms with Gasteiger partial charge in [-0.1, -0.05) is 125 Å². The molecule has 0 radical (unpaired) electrons. The van der Waals surface area contributed by atoms with Crippen LogP contribution < -0.4 is 9.47 Å². The van der Waals surface area contributed by atoms with Crippen LogP contribution in [0.5, 0.6) is 11.5 Å². The maximum absolute atomic E-state index is 7.78. The Bertz CT molecular complexity index is 2570. The van der Waals surface area contributed by atoms with Gasteiger partial charge in [0.15, 0.2) is 5.60 Å². The summed E-state index contributed by atoms with van der Waals surface area (Å²) in [4.78, 5) is 0. The van der Waals surface area contributed by atoms with Gasteiger partial charge >= 0.3 is 0 Å². The Hall–Kier alpha value is -5.34. The van der Waals surface area contributed by atoms with E-state index in [4.69, 9.17) is 9.47 Å². The molecule has 4 aliphatic rings. The zero-order valence-corrected chi connectivity index (χ0v) is 30.8. The SMILES string of the molecule is CCC1(CC)c2ccccc2-c2c1c1c(c3ccccc23)OC(C2=CC3=C(CC2)c2cc4ccccc4cc2C3(C)C)(c2ccc(OC)cc2)C=C1. The fourth-order valence-electron chi connectivity index (χ4n) is 10.5. The third-order valence-corrected chi connectivity index (χ3v) is 13.2. The fraction of sp³-hybridized carbons (Fsp3) is 0.240. The first-order chi connectivity index (χ1) is 25.3. The monoisotopic (exact) mass is 676 g/mol. The molecule has 6 aromatic rings. The largest absolute Gasteiger partial charge is 0.497 e. The molecule has 0 bridgehead atoms. The number of rotatable bonds is 5.